The molecule has 6 heteroatoms. The van der Waals surface area contributed by atoms with E-state index in [4.69, 9.17) is 9.84 Å². The number of hydrogen-bond donors (Lipinski definition) is 3. The molecule has 3 N–H and O–H groups in total. The number of ether oxygens (including phenoxy) is 1. The molecule has 1 atom stereocenters. The Labute approximate surface area is 94.3 Å². The molecule has 1 saturated heterocycles. The number of aliphatic carboxylic acids is 1. The van der Waals surface area contributed by atoms with E-state index in [0.29, 0.717) is 0 Å². The molecule has 1 aliphatic rings. The average Bonchev–Trinajstić information content (AvgIpc) is 2.29. The molecule has 0 radical (unpaired) electrons. The maximum atomic E-state index is 11.7. The second kappa shape index (κ2) is 6.44. The Morgan fingerprint density at radius 1 is 1.50 bits per heavy atom. The third-order valence-electron chi connectivity index (χ3n) is 2.66. The summed E-state index contributed by atoms with van der Waals surface area (Å²) >= 11 is 0. The summed E-state index contributed by atoms with van der Waals surface area (Å²) < 4.78 is 4.75. The molecule has 0 aromatic heterocycles. The van der Waals surface area contributed by atoms with Gasteiger partial charge in [-0.15, -0.1) is 0 Å². The summed E-state index contributed by atoms with van der Waals surface area (Å²) in [6, 6.07) is -0.951. The first-order valence-electron chi connectivity index (χ1n) is 5.38. The van der Waals surface area contributed by atoms with Crippen molar-refractivity contribution in [3.63, 3.8) is 0 Å². The fourth-order valence-corrected chi connectivity index (χ4v) is 1.72. The minimum atomic E-state index is -1.07. The van der Waals surface area contributed by atoms with Gasteiger partial charge in [-0.2, -0.15) is 0 Å². The van der Waals surface area contributed by atoms with Crippen LogP contribution in [0.5, 0.6) is 0 Å². The zero-order valence-corrected chi connectivity index (χ0v) is 9.36. The third-order valence-corrected chi connectivity index (χ3v) is 2.66. The average molecular weight is 230 g/mol. The van der Waals surface area contributed by atoms with E-state index >= 15 is 0 Å². The fourth-order valence-electron chi connectivity index (χ4n) is 1.72. The number of methoxy groups -OCH3 is 1. The summed E-state index contributed by atoms with van der Waals surface area (Å²) in [6.07, 6.45) is 1.51. The van der Waals surface area contributed by atoms with Crippen LogP contribution in [0, 0.1) is 5.92 Å². The molecule has 0 bridgehead atoms. The normalized spacial score (nSPS) is 19.1. The van der Waals surface area contributed by atoms with Crippen molar-refractivity contribution in [3.8, 4) is 0 Å². The largest absolute Gasteiger partial charge is 0.480 e. The van der Waals surface area contributed by atoms with Crippen LogP contribution in [0.15, 0.2) is 0 Å². The van der Waals surface area contributed by atoms with Crippen LogP contribution in [0.2, 0.25) is 0 Å². The second-order valence-corrected chi connectivity index (χ2v) is 3.88. The van der Waals surface area contributed by atoms with Gasteiger partial charge in [0.05, 0.1) is 6.61 Å². The molecule has 0 spiro atoms. The van der Waals surface area contributed by atoms with Crippen LogP contribution < -0.4 is 10.6 Å². The van der Waals surface area contributed by atoms with E-state index in [1.165, 1.54) is 7.11 Å². The van der Waals surface area contributed by atoms with Gasteiger partial charge in [-0.05, 0) is 25.9 Å². The van der Waals surface area contributed by atoms with Gasteiger partial charge in [0.2, 0.25) is 5.91 Å². The summed E-state index contributed by atoms with van der Waals surface area (Å²) in [7, 11) is 1.41. The van der Waals surface area contributed by atoms with Gasteiger partial charge < -0.3 is 20.5 Å². The predicted octanol–water partition coefficient (Wildman–Crippen LogP) is -0.798. The quantitative estimate of drug-likeness (QED) is 0.575. The Morgan fingerprint density at radius 3 is 2.62 bits per heavy atom. The Balaban J connectivity index is 2.43. The van der Waals surface area contributed by atoms with Crippen molar-refractivity contribution in [2.75, 3.05) is 26.8 Å². The van der Waals surface area contributed by atoms with Gasteiger partial charge in [0, 0.05) is 13.0 Å². The monoisotopic (exact) mass is 230 g/mol. The van der Waals surface area contributed by atoms with E-state index in [-0.39, 0.29) is 18.4 Å². The Morgan fingerprint density at radius 2 is 2.12 bits per heavy atom. The number of carboxylic acids is 1. The molecule has 0 aliphatic carbocycles. The lowest BCUT2D eigenvalue weighted by Gasteiger charge is -2.23. The lowest BCUT2D eigenvalue weighted by Crippen LogP contribution is -2.47. The van der Waals surface area contributed by atoms with Crippen LogP contribution in [0.3, 0.4) is 0 Å². The molecule has 1 fully saturated rings. The SMILES string of the molecule is COCC(NC(=O)C1CCNCC1)C(=O)O. The number of carbonyl (C=O) groups excluding carboxylic acids is 1. The zero-order valence-electron chi connectivity index (χ0n) is 9.36. The van der Waals surface area contributed by atoms with Crippen molar-refractivity contribution >= 4 is 11.9 Å². The highest BCUT2D eigenvalue weighted by atomic mass is 16.5. The molecular formula is C10H18N2O4. The first-order chi connectivity index (χ1) is 7.65. The highest BCUT2D eigenvalue weighted by molar-refractivity contribution is 5.85. The molecule has 1 heterocycles. The number of carbonyl (C=O) groups is 2. The lowest BCUT2D eigenvalue weighted by atomic mass is 9.97. The van der Waals surface area contributed by atoms with Gasteiger partial charge in [-0.3, -0.25) is 4.79 Å². The summed E-state index contributed by atoms with van der Waals surface area (Å²) in [5, 5.41) is 14.5. The number of piperidine rings is 1. The predicted molar refractivity (Wildman–Crippen MR) is 57.0 cm³/mol. The lowest BCUT2D eigenvalue weighted by molar-refractivity contribution is -0.144. The number of nitrogens with one attached hydrogen (secondary N) is 2. The molecule has 1 amide bonds. The molecular weight excluding hydrogens is 212 g/mol. The summed E-state index contributed by atoms with van der Waals surface area (Å²) in [6.45, 7) is 1.60. The highest BCUT2D eigenvalue weighted by Gasteiger charge is 2.26. The van der Waals surface area contributed by atoms with Crippen LogP contribution in [-0.4, -0.2) is 49.8 Å². The maximum absolute atomic E-state index is 11.7. The molecule has 1 aliphatic heterocycles. The van der Waals surface area contributed by atoms with Gasteiger partial charge in [-0.1, -0.05) is 0 Å². The highest BCUT2D eigenvalue weighted by Crippen LogP contribution is 2.11. The van der Waals surface area contributed by atoms with Crippen molar-refractivity contribution in [2.45, 2.75) is 18.9 Å². The standard InChI is InChI=1S/C10H18N2O4/c1-16-6-8(10(14)15)12-9(13)7-2-4-11-5-3-7/h7-8,11H,2-6H2,1H3,(H,12,13)(H,14,15). The fraction of sp³-hybridized carbons (Fsp3) is 0.800. The minimum absolute atomic E-state index is 0.00789. The van der Waals surface area contributed by atoms with Gasteiger partial charge in [-0.25, -0.2) is 4.79 Å². The van der Waals surface area contributed by atoms with E-state index in [1.54, 1.807) is 0 Å². The van der Waals surface area contributed by atoms with Gasteiger partial charge in [0.1, 0.15) is 0 Å². The molecule has 92 valence electrons. The molecule has 0 aromatic carbocycles. The van der Waals surface area contributed by atoms with Crippen LogP contribution in [-0.2, 0) is 14.3 Å². The van der Waals surface area contributed by atoms with Gasteiger partial charge in [0.25, 0.3) is 0 Å². The first kappa shape index (κ1) is 12.9. The Bertz CT molecular complexity index is 251. The summed E-state index contributed by atoms with van der Waals surface area (Å²) in [4.78, 5) is 22.5. The van der Waals surface area contributed by atoms with Crippen LogP contribution >= 0.6 is 0 Å². The third kappa shape index (κ3) is 3.79. The van der Waals surface area contributed by atoms with E-state index in [1.807, 2.05) is 0 Å². The van der Waals surface area contributed by atoms with Crippen molar-refractivity contribution in [1.29, 1.82) is 0 Å². The van der Waals surface area contributed by atoms with Gasteiger partial charge in [0.15, 0.2) is 6.04 Å². The summed E-state index contributed by atoms with van der Waals surface area (Å²) in [5.74, 6) is -1.34. The molecule has 16 heavy (non-hydrogen) atoms. The van der Waals surface area contributed by atoms with E-state index < -0.39 is 12.0 Å². The summed E-state index contributed by atoms with van der Waals surface area (Å²) in [5.41, 5.74) is 0. The minimum Gasteiger partial charge on any atom is -0.480 e. The van der Waals surface area contributed by atoms with Crippen LogP contribution in [0.25, 0.3) is 0 Å². The smallest absolute Gasteiger partial charge is 0.328 e. The van der Waals surface area contributed by atoms with Crippen molar-refractivity contribution in [2.24, 2.45) is 5.92 Å². The van der Waals surface area contributed by atoms with Crippen molar-refractivity contribution in [1.82, 2.24) is 10.6 Å². The molecule has 0 saturated carbocycles. The number of amides is 1. The molecule has 1 unspecified atom stereocenters. The molecule has 1 rings (SSSR count). The second-order valence-electron chi connectivity index (χ2n) is 3.88. The van der Waals surface area contributed by atoms with E-state index in [9.17, 15) is 9.59 Å². The first-order valence-corrected chi connectivity index (χ1v) is 5.38. The number of carboxylic acid groups (broad SMARTS) is 1. The van der Waals surface area contributed by atoms with E-state index in [2.05, 4.69) is 10.6 Å². The Hall–Kier alpha value is -1.14. The van der Waals surface area contributed by atoms with E-state index in [0.717, 1.165) is 25.9 Å². The van der Waals surface area contributed by atoms with Crippen LogP contribution in [0.4, 0.5) is 0 Å². The van der Waals surface area contributed by atoms with Crippen molar-refractivity contribution in [3.05, 3.63) is 0 Å². The van der Waals surface area contributed by atoms with Crippen LogP contribution in [0.1, 0.15) is 12.8 Å². The van der Waals surface area contributed by atoms with Crippen molar-refractivity contribution < 1.29 is 19.4 Å². The number of hydrogen-bond acceptors (Lipinski definition) is 4. The zero-order chi connectivity index (χ0) is 12.0. The number of rotatable bonds is 5. The maximum Gasteiger partial charge on any atom is 0.328 e. The van der Waals surface area contributed by atoms with Gasteiger partial charge >= 0.3 is 5.97 Å². The molecule has 6 nitrogen and oxygen atoms in total. The molecule has 0 aromatic rings. The Kier molecular flexibility index (Phi) is 5.21. The topological polar surface area (TPSA) is 87.7 Å².